The predicted molar refractivity (Wildman–Crippen MR) is 86.5 cm³/mol. The molecule has 0 amide bonds. The average molecular weight is 467 g/mol. The van der Waals surface area contributed by atoms with E-state index in [-0.39, 0.29) is 21.5 Å². The Bertz CT molecular complexity index is 564. The summed E-state index contributed by atoms with van der Waals surface area (Å²) in [6.07, 6.45) is 0. The van der Waals surface area contributed by atoms with Gasteiger partial charge in [-0.25, -0.2) is 0 Å². The molecule has 1 heterocycles. The van der Waals surface area contributed by atoms with Crippen molar-refractivity contribution < 1.29 is 27.9 Å². The Morgan fingerprint density at radius 2 is 1.91 bits per heavy atom. The Hall–Kier alpha value is 0.110. The van der Waals surface area contributed by atoms with Gasteiger partial charge >= 0.3 is 13.3 Å². The number of benzene rings is 1. The van der Waals surface area contributed by atoms with Gasteiger partial charge in [-0.05, 0) is 11.6 Å². The number of morpholine rings is 1. The summed E-state index contributed by atoms with van der Waals surface area (Å²) in [4.78, 5) is 19.7. The number of ether oxygens (including phenoxy) is 1. The van der Waals surface area contributed by atoms with Crippen LogP contribution in [0.15, 0.2) is 22.7 Å². The molecule has 22 heavy (non-hydrogen) atoms. The minimum absolute atomic E-state index is 0. The molecule has 1 aliphatic heterocycles. The van der Waals surface area contributed by atoms with Gasteiger partial charge in [0.05, 0.1) is 13.2 Å². The maximum absolute atomic E-state index is 13.7. The number of alkyl halides is 2. The fourth-order valence-corrected chi connectivity index (χ4v) is 3.41. The molecule has 0 aliphatic carbocycles. The minimum Gasteiger partial charge on any atom is -0.379 e. The number of nitrogens with zero attached hydrogens (tertiary/aromatic N) is 1. The second-order valence-electron chi connectivity index (χ2n) is 4.79. The number of rotatable bonds is 4. The summed E-state index contributed by atoms with van der Waals surface area (Å²) >= 11 is 2.97. The summed E-state index contributed by atoms with van der Waals surface area (Å²) < 4.78 is 43.5. The minimum atomic E-state index is -5.56. The lowest BCUT2D eigenvalue weighted by Gasteiger charge is -2.27. The smallest absolute Gasteiger partial charge is 0.379 e. The van der Waals surface area contributed by atoms with Gasteiger partial charge in [0.1, 0.15) is 0 Å². The highest BCUT2D eigenvalue weighted by molar-refractivity contribution is 9.10. The van der Waals surface area contributed by atoms with Gasteiger partial charge in [-0.15, -0.1) is 17.0 Å². The van der Waals surface area contributed by atoms with Crippen molar-refractivity contribution in [3.63, 3.8) is 0 Å². The van der Waals surface area contributed by atoms with Crippen LogP contribution in [0.3, 0.4) is 0 Å². The quantitative estimate of drug-likeness (QED) is 0.667. The van der Waals surface area contributed by atoms with Gasteiger partial charge in [-0.3, -0.25) is 9.46 Å². The molecule has 5 nitrogen and oxygen atoms in total. The Morgan fingerprint density at radius 1 is 1.32 bits per heavy atom. The van der Waals surface area contributed by atoms with Crippen molar-refractivity contribution in [3.05, 3.63) is 33.8 Å². The summed E-state index contributed by atoms with van der Waals surface area (Å²) in [6, 6.07) is 3.98. The van der Waals surface area contributed by atoms with Crippen molar-refractivity contribution in [2.45, 2.75) is 12.2 Å². The van der Waals surface area contributed by atoms with Gasteiger partial charge in [0, 0.05) is 29.7 Å². The summed E-state index contributed by atoms with van der Waals surface area (Å²) in [7, 11) is -5.56. The lowest BCUT2D eigenvalue weighted by atomic mass is 10.1. The second-order valence-corrected chi connectivity index (χ2v) is 7.29. The van der Waals surface area contributed by atoms with Crippen LogP contribution in [0, 0.1) is 0 Å². The van der Waals surface area contributed by atoms with E-state index in [1.165, 1.54) is 12.1 Å². The standard InChI is InChI=1S/C12H15BrF2NO4P.BrH/c13-11-7-9(8-16-3-5-20-6-4-16)1-2-10(11)12(14,15)21(17,18)19;/h1-2,7H,3-6,8H2,(H2,17,18,19);1H. The molecule has 1 fully saturated rings. The number of hydrogen-bond donors (Lipinski definition) is 2. The van der Waals surface area contributed by atoms with E-state index < -0.39 is 18.8 Å². The van der Waals surface area contributed by atoms with Crippen molar-refractivity contribution in [1.29, 1.82) is 0 Å². The highest BCUT2D eigenvalue weighted by Gasteiger charge is 2.51. The monoisotopic (exact) mass is 465 g/mol. The van der Waals surface area contributed by atoms with Crippen molar-refractivity contribution >= 4 is 40.5 Å². The van der Waals surface area contributed by atoms with Crippen LogP contribution in [0.5, 0.6) is 0 Å². The van der Waals surface area contributed by atoms with Gasteiger partial charge in [-0.1, -0.05) is 28.1 Å². The van der Waals surface area contributed by atoms with E-state index in [1.54, 1.807) is 0 Å². The molecule has 126 valence electrons. The lowest BCUT2D eigenvalue weighted by molar-refractivity contribution is 0.0341. The molecule has 0 spiro atoms. The first-order valence-corrected chi connectivity index (χ1v) is 8.65. The topological polar surface area (TPSA) is 70.0 Å². The van der Waals surface area contributed by atoms with E-state index in [0.29, 0.717) is 19.8 Å². The summed E-state index contributed by atoms with van der Waals surface area (Å²) in [6.45, 7) is 3.37. The second kappa shape index (κ2) is 7.79. The highest BCUT2D eigenvalue weighted by Crippen LogP contribution is 2.60. The summed E-state index contributed by atoms with van der Waals surface area (Å²) in [5.41, 5.74) is -4.13. The fourth-order valence-electron chi connectivity index (χ4n) is 2.08. The zero-order valence-corrected chi connectivity index (χ0v) is 15.6. The summed E-state index contributed by atoms with van der Waals surface area (Å²) in [5, 5.41) is 0. The van der Waals surface area contributed by atoms with E-state index in [2.05, 4.69) is 20.8 Å². The Morgan fingerprint density at radius 3 is 2.41 bits per heavy atom. The van der Waals surface area contributed by atoms with E-state index in [9.17, 15) is 13.3 Å². The third-order valence-corrected chi connectivity index (χ3v) is 4.86. The van der Waals surface area contributed by atoms with Gasteiger partial charge in [0.15, 0.2) is 0 Å². The average Bonchev–Trinajstić information content (AvgIpc) is 2.38. The first-order chi connectivity index (χ1) is 9.72. The molecule has 2 rings (SSSR count). The van der Waals surface area contributed by atoms with Gasteiger partial charge in [0.25, 0.3) is 0 Å². The Labute approximate surface area is 145 Å². The van der Waals surface area contributed by atoms with Crippen LogP contribution in [0.4, 0.5) is 8.78 Å². The lowest BCUT2D eigenvalue weighted by Crippen LogP contribution is -2.35. The van der Waals surface area contributed by atoms with Crippen LogP contribution < -0.4 is 0 Å². The molecule has 0 unspecified atom stereocenters. The van der Waals surface area contributed by atoms with Crippen molar-refractivity contribution in [2.24, 2.45) is 0 Å². The fraction of sp³-hybridized carbons (Fsp3) is 0.500. The van der Waals surface area contributed by atoms with Crippen LogP contribution in [-0.4, -0.2) is 41.0 Å². The molecule has 1 aromatic carbocycles. The normalized spacial score (nSPS) is 17.1. The Kier molecular flexibility index (Phi) is 7.13. The van der Waals surface area contributed by atoms with Crippen LogP contribution in [-0.2, 0) is 21.5 Å². The molecular weight excluding hydrogens is 451 g/mol. The van der Waals surface area contributed by atoms with Crippen LogP contribution in [0.1, 0.15) is 11.1 Å². The molecule has 0 atom stereocenters. The molecule has 0 aromatic heterocycles. The molecule has 0 radical (unpaired) electrons. The largest absolute Gasteiger partial charge is 0.399 e. The molecular formula is C12H16Br2F2NO4P. The first-order valence-electron chi connectivity index (χ1n) is 6.24. The molecule has 1 aromatic rings. The maximum atomic E-state index is 13.7. The zero-order chi connectivity index (χ0) is 15.7. The third kappa shape index (κ3) is 4.56. The predicted octanol–water partition coefficient (Wildman–Crippen LogP) is 3.09. The molecule has 0 saturated carbocycles. The van der Waals surface area contributed by atoms with E-state index in [0.717, 1.165) is 24.7 Å². The molecule has 1 aliphatic rings. The van der Waals surface area contributed by atoms with Gasteiger partial charge in [0.2, 0.25) is 0 Å². The Balaban J connectivity index is 0.00000242. The number of hydrogen-bond acceptors (Lipinski definition) is 3. The van der Waals surface area contributed by atoms with E-state index in [4.69, 9.17) is 14.5 Å². The van der Waals surface area contributed by atoms with Crippen molar-refractivity contribution in [2.75, 3.05) is 26.3 Å². The third-order valence-electron chi connectivity index (χ3n) is 3.23. The molecule has 1 saturated heterocycles. The SMILES string of the molecule is Br.O=P(O)(O)C(F)(F)c1ccc(CN2CCOCC2)cc1Br. The van der Waals surface area contributed by atoms with Gasteiger partial charge in [-0.2, -0.15) is 8.78 Å². The maximum Gasteiger partial charge on any atom is 0.399 e. The van der Waals surface area contributed by atoms with Crippen LogP contribution in [0.2, 0.25) is 0 Å². The number of halogens is 4. The van der Waals surface area contributed by atoms with E-state index in [1.807, 2.05) is 0 Å². The summed E-state index contributed by atoms with van der Waals surface area (Å²) in [5.74, 6) is 0. The molecule has 0 bridgehead atoms. The van der Waals surface area contributed by atoms with Crippen LogP contribution >= 0.6 is 40.5 Å². The first kappa shape index (κ1) is 20.2. The van der Waals surface area contributed by atoms with Crippen molar-refractivity contribution in [1.82, 2.24) is 4.90 Å². The van der Waals surface area contributed by atoms with Crippen LogP contribution in [0.25, 0.3) is 0 Å². The molecule has 2 N–H and O–H groups in total. The van der Waals surface area contributed by atoms with Gasteiger partial charge < -0.3 is 14.5 Å². The van der Waals surface area contributed by atoms with E-state index >= 15 is 0 Å². The highest BCUT2D eigenvalue weighted by atomic mass is 79.9. The molecule has 10 heteroatoms. The zero-order valence-electron chi connectivity index (χ0n) is 11.4. The van der Waals surface area contributed by atoms with Crippen molar-refractivity contribution in [3.8, 4) is 0 Å².